The molecule has 0 fully saturated rings. The summed E-state index contributed by atoms with van der Waals surface area (Å²) in [6, 6.07) is 28.0. The molecule has 0 unspecified atom stereocenters. The summed E-state index contributed by atoms with van der Waals surface area (Å²) in [6.45, 7) is 0. The van der Waals surface area contributed by atoms with E-state index >= 15 is 0 Å². The molecular weight excluding hydrogens is 452 g/mol. The summed E-state index contributed by atoms with van der Waals surface area (Å²) in [5, 5.41) is 2.39. The number of rotatable bonds is 2. The Morgan fingerprint density at radius 3 is 1.47 bits per heavy atom. The van der Waals surface area contributed by atoms with Crippen LogP contribution in [-0.4, -0.2) is 23.6 Å². The zero-order valence-electron chi connectivity index (χ0n) is 18.8. The first-order valence-corrected chi connectivity index (χ1v) is 11.5. The van der Waals surface area contributed by atoms with E-state index in [4.69, 9.17) is 0 Å². The number of fused-ring (bicyclic) bond motifs is 1. The topological polar surface area (TPSA) is 74.8 Å². The number of nitrogens with zero attached hydrogens (tertiary/aromatic N) is 2. The van der Waals surface area contributed by atoms with Gasteiger partial charge < -0.3 is 0 Å². The highest BCUT2D eigenvalue weighted by Gasteiger charge is 2.40. The van der Waals surface area contributed by atoms with Gasteiger partial charge in [-0.15, -0.1) is 0 Å². The average Bonchev–Trinajstić information content (AvgIpc) is 2.91. The molecule has 0 aliphatic carbocycles. The molecule has 0 spiro atoms. The van der Waals surface area contributed by atoms with Crippen molar-refractivity contribution in [3.8, 4) is 0 Å². The number of carbonyl (C=O) groups excluding carboxylic acids is 4. The highest BCUT2D eigenvalue weighted by molar-refractivity contribution is 6.42. The minimum absolute atomic E-state index is 0.284. The summed E-state index contributed by atoms with van der Waals surface area (Å²) in [7, 11) is 0. The molecule has 0 N–H and O–H groups in total. The number of hydrogen-bond acceptors (Lipinski definition) is 4. The van der Waals surface area contributed by atoms with Crippen molar-refractivity contribution in [3.63, 3.8) is 0 Å². The van der Waals surface area contributed by atoms with Gasteiger partial charge in [0.2, 0.25) is 0 Å². The number of carbonyl (C=O) groups is 4. The van der Waals surface area contributed by atoms with E-state index in [2.05, 4.69) is 0 Å². The molecular formula is C30H16N2O4. The maximum Gasteiger partial charge on any atom is 0.266 e. The first kappa shape index (κ1) is 20.3. The molecule has 2 heterocycles. The molecule has 0 saturated carbocycles. The normalized spacial score (nSPS) is 14.8. The average molecular weight is 468 g/mol. The van der Waals surface area contributed by atoms with Crippen molar-refractivity contribution >= 4 is 56.5 Å². The van der Waals surface area contributed by atoms with Crippen LogP contribution in [-0.2, 0) is 0 Å². The second-order valence-corrected chi connectivity index (χ2v) is 8.80. The van der Waals surface area contributed by atoms with E-state index in [1.807, 2.05) is 36.4 Å². The van der Waals surface area contributed by atoms with Crippen LogP contribution < -0.4 is 9.80 Å². The van der Waals surface area contributed by atoms with Crippen LogP contribution in [0.15, 0.2) is 97.1 Å². The van der Waals surface area contributed by atoms with Gasteiger partial charge in [-0.25, -0.2) is 9.80 Å². The van der Waals surface area contributed by atoms with Crippen molar-refractivity contribution < 1.29 is 19.2 Å². The number of benzene rings is 5. The first-order chi connectivity index (χ1) is 17.6. The molecule has 5 aromatic rings. The molecule has 0 aromatic heterocycles. The van der Waals surface area contributed by atoms with Crippen molar-refractivity contribution in [1.82, 2.24) is 0 Å². The van der Waals surface area contributed by atoms with Gasteiger partial charge in [-0.2, -0.15) is 0 Å². The molecule has 0 atom stereocenters. The maximum atomic E-state index is 13.8. The number of imide groups is 2. The molecule has 6 heteroatoms. The Morgan fingerprint density at radius 2 is 0.889 bits per heavy atom. The molecule has 0 saturated heterocycles. The molecule has 6 nitrogen and oxygen atoms in total. The fourth-order valence-corrected chi connectivity index (χ4v) is 5.31. The van der Waals surface area contributed by atoms with Crippen LogP contribution >= 0.6 is 0 Å². The summed E-state index contributed by atoms with van der Waals surface area (Å²) in [4.78, 5) is 56.8. The lowest BCUT2D eigenvalue weighted by Crippen LogP contribution is -2.43. The molecule has 170 valence electrons. The minimum atomic E-state index is -0.488. The van der Waals surface area contributed by atoms with E-state index in [-0.39, 0.29) is 22.3 Å². The van der Waals surface area contributed by atoms with Gasteiger partial charge in [0.05, 0.1) is 11.4 Å². The van der Waals surface area contributed by atoms with E-state index < -0.39 is 23.6 Å². The SMILES string of the molecule is O=C1c2ccc3c4c(ccc(c24)C(=O)N1c1ccccc1)C(=O)N(c1cccc2ccccc12)C3=O. The van der Waals surface area contributed by atoms with Crippen molar-refractivity contribution in [1.29, 1.82) is 0 Å². The molecule has 2 aliphatic heterocycles. The van der Waals surface area contributed by atoms with Crippen LogP contribution in [0.25, 0.3) is 21.5 Å². The molecule has 0 bridgehead atoms. The summed E-state index contributed by atoms with van der Waals surface area (Å²) >= 11 is 0. The third-order valence-corrected chi connectivity index (χ3v) is 6.92. The third-order valence-electron chi connectivity index (χ3n) is 6.92. The van der Waals surface area contributed by atoms with E-state index in [0.717, 1.165) is 15.7 Å². The van der Waals surface area contributed by atoms with Crippen LogP contribution in [0.2, 0.25) is 0 Å². The molecule has 4 amide bonds. The predicted octanol–water partition coefficient (Wildman–Crippen LogP) is 5.59. The van der Waals surface area contributed by atoms with Gasteiger partial charge in [0.1, 0.15) is 0 Å². The van der Waals surface area contributed by atoms with Crippen molar-refractivity contribution in [2.75, 3.05) is 9.80 Å². The highest BCUT2D eigenvalue weighted by atomic mass is 16.2. The number of hydrogen-bond donors (Lipinski definition) is 0. The number of anilines is 2. The largest absolute Gasteiger partial charge is 0.268 e. The smallest absolute Gasteiger partial charge is 0.266 e. The first-order valence-electron chi connectivity index (χ1n) is 11.5. The summed E-state index contributed by atoms with van der Waals surface area (Å²) < 4.78 is 0. The molecule has 7 rings (SSSR count). The molecule has 0 radical (unpaired) electrons. The number of para-hydroxylation sites is 1. The van der Waals surface area contributed by atoms with Crippen molar-refractivity contribution in [2.45, 2.75) is 0 Å². The lowest BCUT2D eigenvalue weighted by atomic mass is 9.85. The van der Waals surface area contributed by atoms with Crippen LogP contribution in [0.4, 0.5) is 11.4 Å². The predicted molar refractivity (Wildman–Crippen MR) is 137 cm³/mol. The lowest BCUT2D eigenvalue weighted by Gasteiger charge is -2.32. The Kier molecular flexibility index (Phi) is 4.06. The second kappa shape index (κ2) is 7.20. The van der Waals surface area contributed by atoms with Crippen LogP contribution in [0.5, 0.6) is 0 Å². The lowest BCUT2D eigenvalue weighted by molar-refractivity contribution is 0.0873. The number of amides is 4. The van der Waals surface area contributed by atoms with Gasteiger partial charge in [-0.1, -0.05) is 54.6 Å². The quantitative estimate of drug-likeness (QED) is 0.316. The molecule has 36 heavy (non-hydrogen) atoms. The van der Waals surface area contributed by atoms with Gasteiger partial charge >= 0.3 is 0 Å². The minimum Gasteiger partial charge on any atom is -0.268 e. The van der Waals surface area contributed by atoms with Crippen molar-refractivity contribution in [2.24, 2.45) is 0 Å². The Morgan fingerprint density at radius 1 is 0.417 bits per heavy atom. The Hall–Kier alpha value is -5.10. The van der Waals surface area contributed by atoms with E-state index in [9.17, 15) is 19.2 Å². The monoisotopic (exact) mass is 468 g/mol. The van der Waals surface area contributed by atoms with E-state index in [1.54, 1.807) is 60.7 Å². The fourth-order valence-electron chi connectivity index (χ4n) is 5.31. The van der Waals surface area contributed by atoms with E-state index in [1.165, 1.54) is 4.90 Å². The zero-order chi connectivity index (χ0) is 24.6. The Balaban J connectivity index is 1.45. The second-order valence-electron chi connectivity index (χ2n) is 8.80. The summed E-state index contributed by atoms with van der Waals surface area (Å²) in [5.41, 5.74) is 2.09. The zero-order valence-corrected chi connectivity index (χ0v) is 18.8. The van der Waals surface area contributed by atoms with Crippen molar-refractivity contribution in [3.05, 3.63) is 119 Å². The summed E-state index contributed by atoms with van der Waals surface area (Å²) in [6.07, 6.45) is 0. The standard InChI is InChI=1S/C30H16N2O4/c33-27-20-13-15-22-26-23(16-14-21(25(20)26)28(34)31(27)18-9-2-1-3-10-18)30(36)32(29(22)35)24-12-6-8-17-7-4-5-11-19(17)24/h1-16H. The Labute approximate surface area is 205 Å². The van der Waals surface area contributed by atoms with E-state index in [0.29, 0.717) is 22.1 Å². The van der Waals surface area contributed by atoms with Crippen LogP contribution in [0.3, 0.4) is 0 Å². The van der Waals surface area contributed by atoms with Gasteiger partial charge in [0.25, 0.3) is 23.6 Å². The van der Waals surface area contributed by atoms with Gasteiger partial charge in [-0.05, 0) is 47.9 Å². The van der Waals surface area contributed by atoms with Gasteiger partial charge in [-0.3, -0.25) is 19.2 Å². The third kappa shape index (κ3) is 2.55. The highest BCUT2D eigenvalue weighted by Crippen LogP contribution is 2.41. The fraction of sp³-hybridized carbons (Fsp3) is 0. The Bertz CT molecular complexity index is 1750. The van der Waals surface area contributed by atoms with Gasteiger partial charge in [0.15, 0.2) is 0 Å². The van der Waals surface area contributed by atoms with Crippen LogP contribution in [0.1, 0.15) is 41.4 Å². The molecule has 5 aromatic carbocycles. The van der Waals surface area contributed by atoms with Gasteiger partial charge in [0, 0.05) is 38.4 Å². The maximum absolute atomic E-state index is 13.8. The van der Waals surface area contributed by atoms with Crippen LogP contribution in [0, 0.1) is 0 Å². The summed E-state index contributed by atoms with van der Waals surface area (Å²) in [5.74, 6) is -1.95. The molecule has 2 aliphatic rings.